The number of hydrogen-bond donors (Lipinski definition) is 1. The molecule has 0 saturated heterocycles. The van der Waals surface area contributed by atoms with Crippen molar-refractivity contribution in [2.45, 2.75) is 17.3 Å². The lowest BCUT2D eigenvalue weighted by molar-refractivity contribution is -0.115. The summed E-state index contributed by atoms with van der Waals surface area (Å²) in [7, 11) is 1.84. The molecule has 0 aliphatic carbocycles. The summed E-state index contributed by atoms with van der Waals surface area (Å²) < 4.78 is 14.8. The van der Waals surface area contributed by atoms with Gasteiger partial charge >= 0.3 is 0 Å². The molecule has 0 fully saturated rings. The third kappa shape index (κ3) is 4.23. The van der Waals surface area contributed by atoms with Crippen LogP contribution in [-0.4, -0.2) is 25.9 Å². The molecule has 2 aromatic carbocycles. The van der Waals surface area contributed by atoms with Crippen LogP contribution >= 0.6 is 23.4 Å². The minimum Gasteiger partial charge on any atom is -0.325 e. The maximum absolute atomic E-state index is 12.9. The highest BCUT2D eigenvalue weighted by Crippen LogP contribution is 2.27. The molecule has 0 aliphatic rings. The van der Waals surface area contributed by atoms with Crippen molar-refractivity contribution in [3.63, 3.8) is 0 Å². The first-order valence-electron chi connectivity index (χ1n) is 7.82. The second-order valence-electron chi connectivity index (χ2n) is 5.63. The molecular weight excluding hydrogens is 375 g/mol. The van der Waals surface area contributed by atoms with Crippen LogP contribution in [0, 0.1) is 5.82 Å². The summed E-state index contributed by atoms with van der Waals surface area (Å²) >= 11 is 7.21. The first-order valence-corrected chi connectivity index (χ1v) is 9.08. The quantitative estimate of drug-likeness (QED) is 0.656. The van der Waals surface area contributed by atoms with E-state index in [1.807, 2.05) is 23.7 Å². The minimum absolute atomic E-state index is 0.197. The molecule has 0 saturated carbocycles. The number of nitrogens with zero attached hydrogens (tertiary/aromatic N) is 3. The van der Waals surface area contributed by atoms with Crippen molar-refractivity contribution in [2.75, 3.05) is 5.32 Å². The van der Waals surface area contributed by atoms with E-state index in [0.717, 1.165) is 5.56 Å². The van der Waals surface area contributed by atoms with Crippen LogP contribution in [0.2, 0.25) is 5.02 Å². The minimum atomic E-state index is -0.402. The maximum Gasteiger partial charge on any atom is 0.237 e. The summed E-state index contributed by atoms with van der Waals surface area (Å²) in [5.74, 6) is 0.146. The van der Waals surface area contributed by atoms with Gasteiger partial charge in [-0.2, -0.15) is 0 Å². The number of hydrogen-bond acceptors (Lipinski definition) is 4. The number of aromatic nitrogens is 3. The van der Waals surface area contributed by atoms with Crippen molar-refractivity contribution in [1.29, 1.82) is 0 Å². The van der Waals surface area contributed by atoms with Gasteiger partial charge in [0.1, 0.15) is 5.82 Å². The molecule has 0 unspecified atom stereocenters. The molecule has 0 bridgehead atoms. The van der Waals surface area contributed by atoms with E-state index in [1.54, 1.807) is 19.1 Å². The van der Waals surface area contributed by atoms with Crippen LogP contribution in [0.3, 0.4) is 0 Å². The van der Waals surface area contributed by atoms with E-state index in [4.69, 9.17) is 11.6 Å². The normalized spacial score (nSPS) is 12.0. The summed E-state index contributed by atoms with van der Waals surface area (Å²) in [5, 5.41) is 12.0. The van der Waals surface area contributed by atoms with Crippen LogP contribution in [0.25, 0.3) is 11.4 Å². The Morgan fingerprint density at radius 1 is 1.15 bits per heavy atom. The number of carbonyl (C=O) groups excluding carboxylic acids is 1. The highest BCUT2D eigenvalue weighted by atomic mass is 35.5. The van der Waals surface area contributed by atoms with E-state index in [-0.39, 0.29) is 11.7 Å². The average molecular weight is 391 g/mol. The smallest absolute Gasteiger partial charge is 0.237 e. The number of benzene rings is 2. The Morgan fingerprint density at radius 2 is 1.81 bits per heavy atom. The third-order valence-corrected chi connectivity index (χ3v) is 5.09. The fourth-order valence-corrected chi connectivity index (χ4v) is 3.20. The summed E-state index contributed by atoms with van der Waals surface area (Å²) in [5.41, 5.74) is 1.43. The Labute approximate surface area is 159 Å². The number of amides is 1. The van der Waals surface area contributed by atoms with Crippen molar-refractivity contribution in [3.8, 4) is 11.4 Å². The lowest BCUT2D eigenvalue weighted by atomic mass is 10.2. The lowest BCUT2D eigenvalue weighted by Crippen LogP contribution is -2.22. The molecule has 5 nitrogen and oxygen atoms in total. The largest absolute Gasteiger partial charge is 0.325 e. The Hall–Kier alpha value is -2.38. The number of thioether (sulfide) groups is 1. The van der Waals surface area contributed by atoms with Crippen LogP contribution < -0.4 is 5.32 Å². The standard InChI is InChI=1S/C18H16ClFN4OS/c1-11(17(25)21-15-9-7-14(20)8-10-15)26-18-23-22-16(24(18)2)12-3-5-13(19)6-4-12/h3-11H,1-2H3,(H,21,25)/t11-/m1/s1. The second-order valence-corrected chi connectivity index (χ2v) is 7.37. The van der Waals surface area contributed by atoms with Gasteiger partial charge in [0, 0.05) is 23.3 Å². The van der Waals surface area contributed by atoms with Crippen molar-refractivity contribution in [2.24, 2.45) is 7.05 Å². The zero-order chi connectivity index (χ0) is 18.7. The van der Waals surface area contributed by atoms with Crippen molar-refractivity contribution in [3.05, 3.63) is 59.4 Å². The fraction of sp³-hybridized carbons (Fsp3) is 0.167. The molecule has 0 aliphatic heterocycles. The van der Waals surface area contributed by atoms with Crippen LogP contribution in [-0.2, 0) is 11.8 Å². The Balaban J connectivity index is 1.69. The zero-order valence-corrected chi connectivity index (χ0v) is 15.7. The molecule has 134 valence electrons. The van der Waals surface area contributed by atoms with E-state index in [2.05, 4.69) is 15.5 Å². The summed E-state index contributed by atoms with van der Waals surface area (Å²) in [6.07, 6.45) is 0. The van der Waals surface area contributed by atoms with Gasteiger partial charge in [0.2, 0.25) is 5.91 Å². The Bertz CT molecular complexity index is 912. The van der Waals surface area contributed by atoms with E-state index >= 15 is 0 Å². The van der Waals surface area contributed by atoms with Crippen molar-refractivity contribution in [1.82, 2.24) is 14.8 Å². The van der Waals surface area contributed by atoms with Crippen LogP contribution in [0.5, 0.6) is 0 Å². The molecule has 1 atom stereocenters. The first-order chi connectivity index (χ1) is 12.4. The Kier molecular flexibility index (Phi) is 5.58. The molecule has 0 radical (unpaired) electrons. The average Bonchev–Trinajstić information content (AvgIpc) is 2.98. The highest BCUT2D eigenvalue weighted by molar-refractivity contribution is 8.00. The van der Waals surface area contributed by atoms with Crippen LogP contribution in [0.15, 0.2) is 53.7 Å². The second kappa shape index (κ2) is 7.88. The van der Waals surface area contributed by atoms with Gasteiger partial charge in [0.05, 0.1) is 5.25 Å². The molecule has 1 aromatic heterocycles. The number of anilines is 1. The monoisotopic (exact) mass is 390 g/mol. The summed E-state index contributed by atoms with van der Waals surface area (Å²) in [6, 6.07) is 12.9. The SMILES string of the molecule is C[C@@H](Sc1nnc(-c2ccc(Cl)cc2)n1C)C(=O)Nc1ccc(F)cc1. The highest BCUT2D eigenvalue weighted by Gasteiger charge is 2.19. The lowest BCUT2D eigenvalue weighted by Gasteiger charge is -2.11. The van der Waals surface area contributed by atoms with E-state index in [1.165, 1.54) is 36.0 Å². The van der Waals surface area contributed by atoms with Gasteiger partial charge < -0.3 is 9.88 Å². The Morgan fingerprint density at radius 3 is 2.46 bits per heavy atom. The number of nitrogens with one attached hydrogen (secondary N) is 1. The first kappa shape index (κ1) is 18.4. The maximum atomic E-state index is 12.9. The summed E-state index contributed by atoms with van der Waals surface area (Å²) in [4.78, 5) is 12.3. The van der Waals surface area contributed by atoms with Crippen LogP contribution in [0.1, 0.15) is 6.92 Å². The van der Waals surface area contributed by atoms with Gasteiger partial charge in [-0.25, -0.2) is 4.39 Å². The summed E-state index contributed by atoms with van der Waals surface area (Å²) in [6.45, 7) is 1.78. The van der Waals surface area contributed by atoms with Crippen LogP contribution in [0.4, 0.5) is 10.1 Å². The molecule has 1 N–H and O–H groups in total. The van der Waals surface area contributed by atoms with E-state index in [0.29, 0.717) is 21.7 Å². The van der Waals surface area contributed by atoms with Gasteiger partial charge in [-0.05, 0) is 55.5 Å². The number of halogens is 2. The topological polar surface area (TPSA) is 59.8 Å². The molecule has 3 aromatic rings. The number of rotatable bonds is 5. The molecule has 1 heterocycles. The van der Waals surface area contributed by atoms with Crippen molar-refractivity contribution >= 4 is 35.0 Å². The molecule has 1 amide bonds. The van der Waals surface area contributed by atoms with Crippen molar-refractivity contribution < 1.29 is 9.18 Å². The predicted octanol–water partition coefficient (Wildman–Crippen LogP) is 4.39. The number of carbonyl (C=O) groups is 1. The van der Waals surface area contributed by atoms with Gasteiger partial charge in [0.25, 0.3) is 0 Å². The van der Waals surface area contributed by atoms with Gasteiger partial charge in [-0.15, -0.1) is 10.2 Å². The molecule has 8 heteroatoms. The van der Waals surface area contributed by atoms with Gasteiger partial charge in [-0.3, -0.25) is 4.79 Å². The molecule has 0 spiro atoms. The van der Waals surface area contributed by atoms with Gasteiger partial charge in [-0.1, -0.05) is 23.4 Å². The van der Waals surface area contributed by atoms with E-state index < -0.39 is 5.25 Å². The third-order valence-electron chi connectivity index (χ3n) is 3.70. The zero-order valence-electron chi connectivity index (χ0n) is 14.1. The fourth-order valence-electron chi connectivity index (χ4n) is 2.26. The van der Waals surface area contributed by atoms with E-state index in [9.17, 15) is 9.18 Å². The molecular formula is C18H16ClFN4OS. The molecule has 3 rings (SSSR count). The predicted molar refractivity (Wildman–Crippen MR) is 102 cm³/mol. The van der Waals surface area contributed by atoms with Gasteiger partial charge in [0.15, 0.2) is 11.0 Å². The molecule has 26 heavy (non-hydrogen) atoms.